The van der Waals surface area contributed by atoms with Crippen LogP contribution in [0.4, 0.5) is 13.2 Å². The van der Waals surface area contributed by atoms with Gasteiger partial charge in [0.05, 0.1) is 5.75 Å². The lowest BCUT2D eigenvalue weighted by Gasteiger charge is -2.14. The summed E-state index contributed by atoms with van der Waals surface area (Å²) in [5.41, 5.74) is 5.27. The lowest BCUT2D eigenvalue weighted by molar-refractivity contribution is -0.134. The van der Waals surface area contributed by atoms with E-state index in [0.717, 1.165) is 0 Å². The highest BCUT2D eigenvalue weighted by Gasteiger charge is 2.27. The molecule has 0 heterocycles. The number of nitrogens with two attached hydrogens (primary N) is 1. The number of nitrogens with one attached hydrogen (secondary N) is 1. The van der Waals surface area contributed by atoms with E-state index >= 15 is 0 Å². The monoisotopic (exact) mass is 276 g/mol. The summed E-state index contributed by atoms with van der Waals surface area (Å²) in [7, 11) is -3.62. The molecule has 0 bridgehead atoms. The van der Waals surface area contributed by atoms with Crippen molar-refractivity contribution in [3.05, 3.63) is 0 Å². The first-order chi connectivity index (χ1) is 7.66. The van der Waals surface area contributed by atoms with Gasteiger partial charge in [-0.2, -0.15) is 13.2 Å². The first-order valence-corrected chi connectivity index (χ1v) is 7.08. The molecule has 0 saturated heterocycles. The summed E-state index contributed by atoms with van der Waals surface area (Å²) in [6, 6.07) is -0.297. The van der Waals surface area contributed by atoms with Crippen molar-refractivity contribution in [2.45, 2.75) is 44.8 Å². The van der Waals surface area contributed by atoms with Gasteiger partial charge in [-0.15, -0.1) is 0 Å². The topological polar surface area (TPSA) is 72.2 Å². The molecular weight excluding hydrogens is 257 g/mol. The Morgan fingerprint density at radius 1 is 1.29 bits per heavy atom. The second-order valence-electron chi connectivity index (χ2n) is 3.99. The van der Waals surface area contributed by atoms with Crippen LogP contribution in [0.25, 0.3) is 0 Å². The molecule has 104 valence electrons. The largest absolute Gasteiger partial charge is 0.389 e. The average Bonchev–Trinajstić information content (AvgIpc) is 2.11. The third-order valence-electron chi connectivity index (χ3n) is 2.10. The van der Waals surface area contributed by atoms with Gasteiger partial charge in [0, 0.05) is 12.5 Å². The van der Waals surface area contributed by atoms with Gasteiger partial charge in [0.15, 0.2) is 0 Å². The quantitative estimate of drug-likeness (QED) is 0.703. The molecule has 0 saturated carbocycles. The number of alkyl halides is 3. The minimum Gasteiger partial charge on any atom is -0.330 e. The summed E-state index contributed by atoms with van der Waals surface area (Å²) < 4.78 is 60.6. The highest BCUT2D eigenvalue weighted by atomic mass is 32.2. The van der Waals surface area contributed by atoms with Gasteiger partial charge in [0.25, 0.3) is 0 Å². The number of hydrogen-bond acceptors (Lipinski definition) is 3. The van der Waals surface area contributed by atoms with Gasteiger partial charge in [-0.3, -0.25) is 0 Å². The maximum atomic E-state index is 11.8. The second-order valence-corrected chi connectivity index (χ2v) is 5.86. The fourth-order valence-corrected chi connectivity index (χ4v) is 2.68. The Labute approximate surface area is 99.8 Å². The third kappa shape index (κ3) is 10.5. The van der Waals surface area contributed by atoms with E-state index in [-0.39, 0.29) is 6.04 Å². The zero-order valence-electron chi connectivity index (χ0n) is 9.76. The second kappa shape index (κ2) is 7.17. The van der Waals surface area contributed by atoms with Crippen LogP contribution in [0, 0.1) is 0 Å². The molecule has 1 unspecified atom stereocenters. The van der Waals surface area contributed by atoms with E-state index in [1.807, 2.05) is 0 Å². The zero-order valence-corrected chi connectivity index (χ0v) is 10.6. The Morgan fingerprint density at radius 2 is 1.88 bits per heavy atom. The smallest absolute Gasteiger partial charge is 0.330 e. The highest BCUT2D eigenvalue weighted by molar-refractivity contribution is 7.89. The predicted molar refractivity (Wildman–Crippen MR) is 60.0 cm³/mol. The van der Waals surface area contributed by atoms with Crippen LogP contribution in [0.1, 0.15) is 32.6 Å². The Kier molecular flexibility index (Phi) is 7.03. The van der Waals surface area contributed by atoms with E-state index in [4.69, 9.17) is 5.73 Å². The molecule has 0 aromatic rings. The van der Waals surface area contributed by atoms with Crippen LogP contribution in [0.3, 0.4) is 0 Å². The Bertz CT molecular complexity index is 304. The zero-order chi connectivity index (χ0) is 13.5. The molecule has 4 nitrogen and oxygen atoms in total. The molecule has 0 aliphatic carbocycles. The van der Waals surface area contributed by atoms with Crippen molar-refractivity contribution in [1.29, 1.82) is 0 Å². The predicted octanol–water partition coefficient (Wildman–Crippen LogP) is 1.38. The van der Waals surface area contributed by atoms with E-state index in [9.17, 15) is 21.6 Å². The molecule has 0 rings (SSSR count). The van der Waals surface area contributed by atoms with Crippen molar-refractivity contribution in [2.75, 3.05) is 12.3 Å². The molecule has 0 aromatic heterocycles. The van der Waals surface area contributed by atoms with E-state index in [0.29, 0.717) is 19.4 Å². The minimum atomic E-state index is -4.30. The normalized spacial score (nSPS) is 14.9. The summed E-state index contributed by atoms with van der Waals surface area (Å²) in [5.74, 6) is -0.501. The van der Waals surface area contributed by atoms with Crippen LogP contribution in [-0.2, 0) is 10.0 Å². The molecule has 0 aliphatic rings. The van der Waals surface area contributed by atoms with Gasteiger partial charge in [-0.05, 0) is 32.7 Å². The Hall–Kier alpha value is -0.340. The number of hydrogen-bond donors (Lipinski definition) is 2. The average molecular weight is 276 g/mol. The summed E-state index contributed by atoms with van der Waals surface area (Å²) in [6.07, 6.45) is -4.55. The molecular formula is C9H19F3N2O2S. The fourth-order valence-electron chi connectivity index (χ4n) is 1.31. The summed E-state index contributed by atoms with van der Waals surface area (Å²) in [5, 5.41) is 0. The molecule has 0 radical (unpaired) electrons. The first-order valence-electron chi connectivity index (χ1n) is 5.43. The van der Waals surface area contributed by atoms with E-state index in [1.54, 1.807) is 6.92 Å². The molecule has 0 spiro atoms. The SMILES string of the molecule is CC(CCCN)NS(=O)(=O)CCCC(F)(F)F. The molecule has 0 fully saturated rings. The van der Waals surface area contributed by atoms with Crippen molar-refractivity contribution in [3.63, 3.8) is 0 Å². The molecule has 0 aromatic carbocycles. The Balaban J connectivity index is 3.96. The molecule has 1 atom stereocenters. The van der Waals surface area contributed by atoms with Crippen molar-refractivity contribution >= 4 is 10.0 Å². The van der Waals surface area contributed by atoms with E-state index in [1.165, 1.54) is 0 Å². The molecule has 0 amide bonds. The molecule has 3 N–H and O–H groups in total. The number of rotatable bonds is 8. The van der Waals surface area contributed by atoms with E-state index in [2.05, 4.69) is 4.72 Å². The van der Waals surface area contributed by atoms with Gasteiger partial charge in [-0.25, -0.2) is 13.1 Å². The Morgan fingerprint density at radius 3 is 2.35 bits per heavy atom. The van der Waals surface area contributed by atoms with Gasteiger partial charge in [-0.1, -0.05) is 0 Å². The number of sulfonamides is 1. The highest BCUT2D eigenvalue weighted by Crippen LogP contribution is 2.21. The van der Waals surface area contributed by atoms with Crippen molar-refractivity contribution < 1.29 is 21.6 Å². The summed E-state index contributed by atoms with van der Waals surface area (Å²) in [4.78, 5) is 0. The molecule has 0 aliphatic heterocycles. The van der Waals surface area contributed by atoms with Crippen molar-refractivity contribution in [2.24, 2.45) is 5.73 Å². The van der Waals surface area contributed by atoms with Crippen LogP contribution >= 0.6 is 0 Å². The van der Waals surface area contributed by atoms with Crippen LogP contribution in [0.15, 0.2) is 0 Å². The lowest BCUT2D eigenvalue weighted by atomic mass is 10.2. The summed E-state index contributed by atoms with van der Waals surface area (Å²) >= 11 is 0. The standard InChI is InChI=1S/C9H19F3N2O2S/c1-8(4-2-6-13)14-17(15,16)7-3-5-9(10,11)12/h8,14H,2-7,13H2,1H3. The number of halogens is 3. The molecule has 8 heteroatoms. The minimum absolute atomic E-state index is 0.297. The van der Waals surface area contributed by atoms with E-state index < -0.39 is 34.8 Å². The van der Waals surface area contributed by atoms with Crippen LogP contribution in [0.2, 0.25) is 0 Å². The van der Waals surface area contributed by atoms with Crippen LogP contribution in [0.5, 0.6) is 0 Å². The van der Waals surface area contributed by atoms with Gasteiger partial charge in [0.2, 0.25) is 10.0 Å². The fraction of sp³-hybridized carbons (Fsp3) is 1.00. The maximum Gasteiger partial charge on any atom is 0.389 e. The van der Waals surface area contributed by atoms with Crippen LogP contribution < -0.4 is 10.5 Å². The molecule has 17 heavy (non-hydrogen) atoms. The lowest BCUT2D eigenvalue weighted by Crippen LogP contribution is -2.35. The van der Waals surface area contributed by atoms with Crippen molar-refractivity contribution in [3.8, 4) is 0 Å². The first kappa shape index (κ1) is 16.7. The van der Waals surface area contributed by atoms with Gasteiger partial charge >= 0.3 is 6.18 Å². The van der Waals surface area contributed by atoms with Gasteiger partial charge < -0.3 is 5.73 Å². The van der Waals surface area contributed by atoms with Crippen molar-refractivity contribution in [1.82, 2.24) is 4.72 Å². The third-order valence-corrected chi connectivity index (χ3v) is 3.68. The maximum absolute atomic E-state index is 11.8. The summed E-state index contributed by atoms with van der Waals surface area (Å²) in [6.45, 7) is 2.12. The van der Waals surface area contributed by atoms with Crippen LogP contribution in [-0.4, -0.2) is 32.9 Å². The van der Waals surface area contributed by atoms with Gasteiger partial charge in [0.1, 0.15) is 0 Å².